The second-order valence-corrected chi connectivity index (χ2v) is 3.44. The highest BCUT2D eigenvalue weighted by atomic mass is 16.5. The quantitative estimate of drug-likeness (QED) is 0.749. The predicted octanol–water partition coefficient (Wildman–Crippen LogP) is 1.97. The number of benzene rings is 1. The van der Waals surface area contributed by atoms with Crippen LogP contribution in [0.4, 0.5) is 0 Å². The van der Waals surface area contributed by atoms with Crippen molar-refractivity contribution < 1.29 is 14.6 Å². The van der Waals surface area contributed by atoms with E-state index in [4.69, 9.17) is 4.74 Å². The number of carbonyl (C=O) groups is 1. The minimum absolute atomic E-state index is 0.347. The van der Waals surface area contributed by atoms with E-state index in [0.29, 0.717) is 17.7 Å². The first-order valence-electron chi connectivity index (χ1n) is 4.94. The summed E-state index contributed by atoms with van der Waals surface area (Å²) in [5.41, 5.74) is 1.32. The van der Waals surface area contributed by atoms with Gasteiger partial charge in [-0.05, 0) is 18.6 Å². The van der Waals surface area contributed by atoms with Gasteiger partial charge in [-0.3, -0.25) is 0 Å². The molecule has 1 aromatic carbocycles. The molecular formula is C12H12O3. The number of hydrogen-bond acceptors (Lipinski definition) is 3. The summed E-state index contributed by atoms with van der Waals surface area (Å²) in [6.45, 7) is 1.87. The molecule has 1 aliphatic heterocycles. The Balaban J connectivity index is 2.40. The van der Waals surface area contributed by atoms with Crippen LogP contribution in [0.25, 0.3) is 5.76 Å². The highest BCUT2D eigenvalue weighted by molar-refractivity contribution is 6.02. The molecule has 15 heavy (non-hydrogen) atoms. The summed E-state index contributed by atoms with van der Waals surface area (Å²) in [7, 11) is 0. The number of fused-ring (bicyclic) bond motifs is 1. The zero-order chi connectivity index (χ0) is 10.8. The highest BCUT2D eigenvalue weighted by Gasteiger charge is 2.25. The predicted molar refractivity (Wildman–Crippen MR) is 56.1 cm³/mol. The Hall–Kier alpha value is -1.61. The Bertz CT molecular complexity index is 421. The van der Waals surface area contributed by atoms with Crippen LogP contribution < -0.4 is 0 Å². The van der Waals surface area contributed by atoms with Crippen LogP contribution in [0.15, 0.2) is 30.3 Å². The summed E-state index contributed by atoms with van der Waals surface area (Å²) in [5, 5.41) is 9.46. The fraction of sp³-hybridized carbons (Fsp3) is 0.250. The van der Waals surface area contributed by atoms with Crippen molar-refractivity contribution in [3.05, 3.63) is 41.5 Å². The van der Waals surface area contributed by atoms with Crippen molar-refractivity contribution in [2.45, 2.75) is 19.4 Å². The third-order valence-electron chi connectivity index (χ3n) is 2.38. The van der Waals surface area contributed by atoms with E-state index >= 15 is 0 Å². The molecule has 0 saturated heterocycles. The summed E-state index contributed by atoms with van der Waals surface area (Å²) < 4.78 is 5.07. The average molecular weight is 204 g/mol. The Morgan fingerprint density at radius 2 is 2.07 bits per heavy atom. The molecule has 0 aromatic heterocycles. The van der Waals surface area contributed by atoms with Crippen LogP contribution in [0, 0.1) is 0 Å². The van der Waals surface area contributed by atoms with Gasteiger partial charge in [0.25, 0.3) is 0 Å². The molecule has 1 aromatic rings. The number of esters is 1. The van der Waals surface area contributed by atoms with Gasteiger partial charge in [-0.1, -0.05) is 25.1 Å². The summed E-state index contributed by atoms with van der Waals surface area (Å²) in [5.74, 6) is 0.116. The minimum atomic E-state index is -0.570. The van der Waals surface area contributed by atoms with Gasteiger partial charge in [0, 0.05) is 5.56 Å². The molecule has 1 atom stereocenters. The van der Waals surface area contributed by atoms with E-state index in [1.807, 2.05) is 19.1 Å². The standard InChI is InChI=1S/C12H12O3/c1-2-8(13)7-11-9-5-3-4-6-10(9)12(14)15-11/h3-8,13H,2H2,1H3/t8-/m1/s1. The molecule has 0 amide bonds. The third kappa shape index (κ3) is 1.78. The fourth-order valence-electron chi connectivity index (χ4n) is 1.50. The Morgan fingerprint density at radius 1 is 1.40 bits per heavy atom. The van der Waals surface area contributed by atoms with Crippen LogP contribution in [-0.2, 0) is 4.74 Å². The Labute approximate surface area is 88.0 Å². The smallest absolute Gasteiger partial charge is 0.344 e. The van der Waals surface area contributed by atoms with E-state index in [1.54, 1.807) is 18.2 Å². The van der Waals surface area contributed by atoms with Crippen LogP contribution >= 0.6 is 0 Å². The molecule has 0 aliphatic carbocycles. The second-order valence-electron chi connectivity index (χ2n) is 3.44. The number of hydrogen-bond donors (Lipinski definition) is 1. The first-order chi connectivity index (χ1) is 7.22. The normalized spacial score (nSPS) is 18.8. The van der Waals surface area contributed by atoms with Crippen LogP contribution in [0.5, 0.6) is 0 Å². The van der Waals surface area contributed by atoms with Gasteiger partial charge in [0.1, 0.15) is 5.76 Å². The molecule has 2 rings (SSSR count). The molecule has 0 saturated carbocycles. The van der Waals surface area contributed by atoms with Crippen molar-refractivity contribution in [3.8, 4) is 0 Å². The van der Waals surface area contributed by atoms with Gasteiger partial charge >= 0.3 is 5.97 Å². The van der Waals surface area contributed by atoms with Gasteiger partial charge in [0.05, 0.1) is 11.7 Å². The van der Waals surface area contributed by atoms with E-state index in [2.05, 4.69) is 0 Å². The molecule has 3 heteroatoms. The largest absolute Gasteiger partial charge is 0.422 e. The molecule has 0 unspecified atom stereocenters. The van der Waals surface area contributed by atoms with Gasteiger partial charge in [0.15, 0.2) is 0 Å². The first kappa shape index (κ1) is 9.93. The maximum Gasteiger partial charge on any atom is 0.344 e. The van der Waals surface area contributed by atoms with Crippen LogP contribution in [0.1, 0.15) is 29.3 Å². The molecule has 0 bridgehead atoms. The van der Waals surface area contributed by atoms with Crippen molar-refractivity contribution in [1.82, 2.24) is 0 Å². The second kappa shape index (κ2) is 3.87. The zero-order valence-corrected chi connectivity index (χ0v) is 8.43. The Kier molecular flexibility index (Phi) is 2.56. The minimum Gasteiger partial charge on any atom is -0.422 e. The van der Waals surface area contributed by atoms with Crippen molar-refractivity contribution in [2.24, 2.45) is 0 Å². The van der Waals surface area contributed by atoms with Crippen LogP contribution in [-0.4, -0.2) is 17.2 Å². The van der Waals surface area contributed by atoms with Crippen molar-refractivity contribution >= 4 is 11.7 Å². The number of ether oxygens (including phenoxy) is 1. The molecule has 1 aliphatic rings. The molecule has 0 radical (unpaired) electrons. The van der Waals surface area contributed by atoms with E-state index in [-0.39, 0.29) is 5.97 Å². The third-order valence-corrected chi connectivity index (χ3v) is 2.38. The van der Waals surface area contributed by atoms with E-state index in [0.717, 1.165) is 5.56 Å². The summed E-state index contributed by atoms with van der Waals surface area (Å²) in [4.78, 5) is 11.4. The monoisotopic (exact) mass is 204 g/mol. The molecule has 0 spiro atoms. The maximum atomic E-state index is 11.4. The number of rotatable bonds is 2. The van der Waals surface area contributed by atoms with Gasteiger partial charge in [-0.15, -0.1) is 0 Å². The van der Waals surface area contributed by atoms with E-state index in [1.165, 1.54) is 0 Å². The summed E-state index contributed by atoms with van der Waals surface area (Å²) in [6.07, 6.45) is 1.60. The van der Waals surface area contributed by atoms with Crippen molar-refractivity contribution in [1.29, 1.82) is 0 Å². The van der Waals surface area contributed by atoms with Gasteiger partial charge in [0.2, 0.25) is 0 Å². The number of aliphatic hydroxyl groups excluding tert-OH is 1. The zero-order valence-electron chi connectivity index (χ0n) is 8.43. The van der Waals surface area contributed by atoms with Crippen molar-refractivity contribution in [2.75, 3.05) is 0 Å². The maximum absolute atomic E-state index is 11.4. The van der Waals surface area contributed by atoms with Gasteiger partial charge in [-0.25, -0.2) is 4.79 Å². The number of carbonyl (C=O) groups excluding carboxylic acids is 1. The Morgan fingerprint density at radius 3 is 2.73 bits per heavy atom. The summed E-state index contributed by atoms with van der Waals surface area (Å²) in [6, 6.07) is 7.16. The van der Waals surface area contributed by atoms with E-state index in [9.17, 15) is 9.90 Å². The highest BCUT2D eigenvalue weighted by Crippen LogP contribution is 2.29. The van der Waals surface area contributed by atoms with Gasteiger partial charge in [-0.2, -0.15) is 0 Å². The summed E-state index contributed by atoms with van der Waals surface area (Å²) >= 11 is 0. The van der Waals surface area contributed by atoms with Gasteiger partial charge < -0.3 is 9.84 Å². The number of aliphatic hydroxyl groups is 1. The van der Waals surface area contributed by atoms with Crippen molar-refractivity contribution in [3.63, 3.8) is 0 Å². The first-order valence-corrected chi connectivity index (χ1v) is 4.94. The lowest BCUT2D eigenvalue weighted by Gasteiger charge is -2.02. The van der Waals surface area contributed by atoms with Crippen LogP contribution in [0.2, 0.25) is 0 Å². The fourth-order valence-corrected chi connectivity index (χ4v) is 1.50. The topological polar surface area (TPSA) is 46.5 Å². The number of cyclic esters (lactones) is 1. The van der Waals surface area contributed by atoms with Crippen LogP contribution in [0.3, 0.4) is 0 Å². The van der Waals surface area contributed by atoms with E-state index < -0.39 is 6.10 Å². The molecule has 0 fully saturated rings. The lowest BCUT2D eigenvalue weighted by atomic mass is 10.1. The molecule has 3 nitrogen and oxygen atoms in total. The SMILES string of the molecule is CC[C@@H](O)C=C1OC(=O)c2ccccc21. The molecular weight excluding hydrogens is 192 g/mol. The lowest BCUT2D eigenvalue weighted by molar-refractivity contribution is 0.0713. The molecule has 1 N–H and O–H groups in total. The lowest BCUT2D eigenvalue weighted by Crippen LogP contribution is -2.00. The molecule has 78 valence electrons. The average Bonchev–Trinajstić information content (AvgIpc) is 2.57. The molecule has 1 heterocycles.